The monoisotopic (exact) mass is 393 g/mol. The van der Waals surface area contributed by atoms with E-state index in [4.69, 9.17) is 23.2 Å². The van der Waals surface area contributed by atoms with E-state index in [1.807, 2.05) is 17.5 Å². The van der Waals surface area contributed by atoms with E-state index in [1.165, 1.54) is 10.7 Å². The molecule has 128 valence electrons. The molecule has 0 unspecified atom stereocenters. The minimum absolute atomic E-state index is 0.221. The smallest absolute Gasteiger partial charge is 0.266 e. The molecule has 0 radical (unpaired) electrons. The van der Waals surface area contributed by atoms with E-state index >= 15 is 0 Å². The molecule has 8 heteroatoms. The van der Waals surface area contributed by atoms with Crippen LogP contribution in [0.25, 0.3) is 10.6 Å². The van der Waals surface area contributed by atoms with E-state index in [-0.39, 0.29) is 34.3 Å². The molecule has 5 nitrogen and oxygen atoms in total. The van der Waals surface area contributed by atoms with E-state index < -0.39 is 5.91 Å². The molecule has 0 atom stereocenters. The molecule has 3 aromatic rings. The molecule has 0 bridgehead atoms. The van der Waals surface area contributed by atoms with Gasteiger partial charge in [0.15, 0.2) is 0 Å². The second kappa shape index (κ2) is 7.82. The number of halogens is 2. The van der Waals surface area contributed by atoms with Crippen LogP contribution in [0.1, 0.15) is 10.4 Å². The van der Waals surface area contributed by atoms with Crippen molar-refractivity contribution in [2.45, 2.75) is 6.54 Å². The summed E-state index contributed by atoms with van der Waals surface area (Å²) in [6, 6.07) is 11.9. The first-order chi connectivity index (χ1) is 12.1. The molecule has 0 fully saturated rings. The molecule has 25 heavy (non-hydrogen) atoms. The number of carbonyl (C=O) groups is 1. The van der Waals surface area contributed by atoms with Gasteiger partial charge in [0.2, 0.25) is 0 Å². The molecule has 0 saturated carbocycles. The van der Waals surface area contributed by atoms with Gasteiger partial charge in [0.25, 0.3) is 11.5 Å². The maximum Gasteiger partial charge on any atom is 0.266 e. The summed E-state index contributed by atoms with van der Waals surface area (Å²) in [5, 5.41) is 9.54. The zero-order valence-electron chi connectivity index (χ0n) is 12.9. The number of thiophene rings is 1. The number of hydrogen-bond acceptors (Lipinski definition) is 4. The summed E-state index contributed by atoms with van der Waals surface area (Å²) in [7, 11) is 0. The van der Waals surface area contributed by atoms with Gasteiger partial charge in [-0.25, -0.2) is 4.68 Å². The Bertz CT molecular complexity index is 935. The van der Waals surface area contributed by atoms with Gasteiger partial charge in [0.05, 0.1) is 27.0 Å². The summed E-state index contributed by atoms with van der Waals surface area (Å²) in [4.78, 5) is 25.1. The molecule has 1 N–H and O–H groups in total. The summed E-state index contributed by atoms with van der Waals surface area (Å²) in [5.41, 5.74) is 0.707. The number of rotatable bonds is 5. The van der Waals surface area contributed by atoms with Gasteiger partial charge in [-0.15, -0.1) is 11.3 Å². The SMILES string of the molecule is O=C(NCCn1nc(-c2cccs2)ccc1=O)c1c(Cl)cccc1Cl. The van der Waals surface area contributed by atoms with Crippen LogP contribution in [-0.4, -0.2) is 22.2 Å². The molecule has 0 aliphatic carbocycles. The van der Waals surface area contributed by atoms with Crippen molar-refractivity contribution in [3.05, 3.63) is 73.8 Å². The van der Waals surface area contributed by atoms with Crippen molar-refractivity contribution in [3.8, 4) is 10.6 Å². The molecular weight excluding hydrogens is 381 g/mol. The summed E-state index contributed by atoms with van der Waals surface area (Å²) in [6.07, 6.45) is 0. The minimum atomic E-state index is -0.391. The van der Waals surface area contributed by atoms with Gasteiger partial charge in [-0.1, -0.05) is 35.3 Å². The second-order valence-corrected chi connectivity index (χ2v) is 6.87. The number of amides is 1. The summed E-state index contributed by atoms with van der Waals surface area (Å²) < 4.78 is 1.32. The highest BCUT2D eigenvalue weighted by Crippen LogP contribution is 2.24. The van der Waals surface area contributed by atoms with Crippen molar-refractivity contribution in [1.82, 2.24) is 15.1 Å². The summed E-state index contributed by atoms with van der Waals surface area (Å²) in [6.45, 7) is 0.465. The molecular formula is C17H13Cl2N3O2S. The Morgan fingerprint density at radius 3 is 2.56 bits per heavy atom. The van der Waals surface area contributed by atoms with Crippen LogP contribution in [0.3, 0.4) is 0 Å². The molecule has 2 heterocycles. The average Bonchev–Trinajstić information content (AvgIpc) is 3.11. The third-order valence-electron chi connectivity index (χ3n) is 3.44. The van der Waals surface area contributed by atoms with Gasteiger partial charge >= 0.3 is 0 Å². The number of hydrogen-bond donors (Lipinski definition) is 1. The van der Waals surface area contributed by atoms with Crippen LogP contribution in [0.4, 0.5) is 0 Å². The van der Waals surface area contributed by atoms with Crippen molar-refractivity contribution in [1.29, 1.82) is 0 Å². The zero-order valence-corrected chi connectivity index (χ0v) is 15.2. The van der Waals surface area contributed by atoms with Gasteiger partial charge < -0.3 is 5.32 Å². The molecule has 2 aromatic heterocycles. The number of carbonyl (C=O) groups excluding carboxylic acids is 1. The van der Waals surface area contributed by atoms with Crippen LogP contribution in [0.15, 0.2) is 52.6 Å². The standard InChI is InChI=1S/C17H13Cl2N3O2S/c18-11-3-1-4-12(19)16(11)17(24)20-8-9-22-15(23)7-6-13(21-22)14-5-2-10-25-14/h1-7,10H,8-9H2,(H,20,24). The molecule has 1 amide bonds. The van der Waals surface area contributed by atoms with E-state index in [2.05, 4.69) is 10.4 Å². The van der Waals surface area contributed by atoms with Crippen LogP contribution < -0.4 is 10.9 Å². The summed E-state index contributed by atoms with van der Waals surface area (Å²) in [5.74, 6) is -0.391. The topological polar surface area (TPSA) is 64.0 Å². The third-order valence-corrected chi connectivity index (χ3v) is 4.96. The highest BCUT2D eigenvalue weighted by atomic mass is 35.5. The third kappa shape index (κ3) is 4.10. The molecule has 0 aliphatic rings. The Morgan fingerprint density at radius 1 is 1.12 bits per heavy atom. The Kier molecular flexibility index (Phi) is 5.53. The first-order valence-electron chi connectivity index (χ1n) is 7.40. The average molecular weight is 394 g/mol. The van der Waals surface area contributed by atoms with E-state index in [1.54, 1.807) is 35.6 Å². The van der Waals surface area contributed by atoms with Gasteiger partial charge in [-0.05, 0) is 29.6 Å². The number of nitrogens with zero attached hydrogens (tertiary/aromatic N) is 2. The Hall–Kier alpha value is -2.15. The predicted molar refractivity (Wildman–Crippen MR) is 101 cm³/mol. The summed E-state index contributed by atoms with van der Waals surface area (Å²) >= 11 is 13.6. The minimum Gasteiger partial charge on any atom is -0.350 e. The van der Waals surface area contributed by atoms with Gasteiger partial charge in [-0.2, -0.15) is 5.10 Å². The van der Waals surface area contributed by atoms with E-state index in [0.29, 0.717) is 0 Å². The normalized spacial score (nSPS) is 10.6. The highest BCUT2D eigenvalue weighted by Gasteiger charge is 2.14. The fraction of sp³-hybridized carbons (Fsp3) is 0.118. The first kappa shape index (κ1) is 17.7. The highest BCUT2D eigenvalue weighted by molar-refractivity contribution is 7.13. The largest absolute Gasteiger partial charge is 0.350 e. The lowest BCUT2D eigenvalue weighted by Gasteiger charge is -2.09. The van der Waals surface area contributed by atoms with Gasteiger partial charge in [0.1, 0.15) is 5.69 Å². The van der Waals surface area contributed by atoms with Crippen LogP contribution in [-0.2, 0) is 6.54 Å². The van der Waals surface area contributed by atoms with Crippen molar-refractivity contribution < 1.29 is 4.79 Å². The Labute approximate surface area is 157 Å². The Balaban J connectivity index is 1.69. The van der Waals surface area contributed by atoms with Gasteiger partial charge in [-0.3, -0.25) is 9.59 Å². The lowest BCUT2D eigenvalue weighted by molar-refractivity contribution is 0.0952. The van der Waals surface area contributed by atoms with Crippen LogP contribution in [0.2, 0.25) is 10.0 Å². The maximum atomic E-state index is 12.2. The first-order valence-corrected chi connectivity index (χ1v) is 9.04. The zero-order chi connectivity index (χ0) is 17.8. The molecule has 0 aliphatic heterocycles. The molecule has 0 spiro atoms. The van der Waals surface area contributed by atoms with Crippen LogP contribution >= 0.6 is 34.5 Å². The predicted octanol–water partition coefficient (Wildman–Crippen LogP) is 3.71. The van der Waals surface area contributed by atoms with Crippen molar-refractivity contribution in [3.63, 3.8) is 0 Å². The fourth-order valence-electron chi connectivity index (χ4n) is 2.24. The van der Waals surface area contributed by atoms with Crippen molar-refractivity contribution >= 4 is 40.4 Å². The van der Waals surface area contributed by atoms with E-state index in [9.17, 15) is 9.59 Å². The quantitative estimate of drug-likeness (QED) is 0.718. The molecule has 1 aromatic carbocycles. The van der Waals surface area contributed by atoms with Crippen molar-refractivity contribution in [2.75, 3.05) is 6.54 Å². The number of aromatic nitrogens is 2. The van der Waals surface area contributed by atoms with Crippen molar-refractivity contribution in [2.24, 2.45) is 0 Å². The lowest BCUT2D eigenvalue weighted by Crippen LogP contribution is -2.32. The van der Waals surface area contributed by atoms with Crippen LogP contribution in [0, 0.1) is 0 Å². The molecule has 0 saturated heterocycles. The number of benzene rings is 1. The Morgan fingerprint density at radius 2 is 1.88 bits per heavy atom. The lowest BCUT2D eigenvalue weighted by atomic mass is 10.2. The maximum absolute atomic E-state index is 12.2. The second-order valence-electron chi connectivity index (χ2n) is 5.11. The fourth-order valence-corrected chi connectivity index (χ4v) is 3.50. The molecule has 3 rings (SSSR count). The number of nitrogens with one attached hydrogen (secondary N) is 1. The van der Waals surface area contributed by atoms with E-state index in [0.717, 1.165) is 10.6 Å². The van der Waals surface area contributed by atoms with Crippen LogP contribution in [0.5, 0.6) is 0 Å². The van der Waals surface area contributed by atoms with Gasteiger partial charge in [0, 0.05) is 12.6 Å².